The Morgan fingerprint density at radius 1 is 1.20 bits per heavy atom. The van der Waals surface area contributed by atoms with E-state index >= 15 is 0 Å². The molecular weight excluding hydrogens is 374 g/mol. The van der Waals surface area contributed by atoms with Gasteiger partial charge < -0.3 is 10.3 Å². The lowest BCUT2D eigenvalue weighted by Crippen LogP contribution is -2.47. The number of Topliss-reactive ketones (excluding diaryl/α,β-unsaturated/α-hetero) is 1. The van der Waals surface area contributed by atoms with Gasteiger partial charge >= 0.3 is 0 Å². The van der Waals surface area contributed by atoms with E-state index in [1.807, 2.05) is 39.1 Å². The number of piperidine rings is 1. The highest BCUT2D eigenvalue weighted by Crippen LogP contribution is 2.39. The van der Waals surface area contributed by atoms with Crippen molar-refractivity contribution in [3.63, 3.8) is 0 Å². The van der Waals surface area contributed by atoms with Crippen LogP contribution in [0, 0.1) is 19.8 Å². The van der Waals surface area contributed by atoms with Crippen LogP contribution in [0.3, 0.4) is 0 Å². The zero-order valence-corrected chi connectivity index (χ0v) is 18.8. The molecule has 3 rings (SSSR count). The first kappa shape index (κ1) is 22.2. The summed E-state index contributed by atoms with van der Waals surface area (Å²) in [7, 11) is 0. The summed E-state index contributed by atoms with van der Waals surface area (Å²) in [6.07, 6.45) is 4.28. The number of aryl methyl sites for hydroxylation is 1. The number of ketones is 1. The quantitative estimate of drug-likeness (QED) is 0.686. The van der Waals surface area contributed by atoms with E-state index in [1.54, 1.807) is 6.92 Å². The van der Waals surface area contributed by atoms with E-state index < -0.39 is 5.41 Å². The highest BCUT2D eigenvalue weighted by atomic mass is 16.1. The Morgan fingerprint density at radius 3 is 2.50 bits per heavy atom. The topological polar surface area (TPSA) is 74.3 Å². The normalized spacial score (nSPS) is 16.3. The number of rotatable bonds is 6. The number of aromatic nitrogens is 1. The predicted octanol–water partition coefficient (Wildman–Crippen LogP) is 4.62. The van der Waals surface area contributed by atoms with E-state index in [0.717, 1.165) is 54.7 Å². The van der Waals surface area contributed by atoms with Crippen LogP contribution >= 0.6 is 0 Å². The molecule has 1 aliphatic rings. The molecule has 30 heavy (non-hydrogen) atoms. The molecule has 0 radical (unpaired) electrons. The first-order chi connectivity index (χ1) is 14.3. The molecule has 0 amide bonds. The third-order valence-electron chi connectivity index (χ3n) is 6.17. The molecule has 160 valence electrons. The van der Waals surface area contributed by atoms with Crippen LogP contribution in [0.1, 0.15) is 56.7 Å². The van der Waals surface area contributed by atoms with Crippen LogP contribution in [-0.2, 0) is 10.2 Å². The number of nitrogens with zero attached hydrogens (tertiary/aromatic N) is 1. The predicted molar refractivity (Wildman–Crippen MR) is 124 cm³/mol. The Morgan fingerprint density at radius 2 is 1.90 bits per heavy atom. The molecule has 2 aromatic rings. The van der Waals surface area contributed by atoms with Gasteiger partial charge in [0.05, 0.1) is 16.8 Å². The van der Waals surface area contributed by atoms with Gasteiger partial charge in [-0.05, 0) is 75.0 Å². The molecule has 5 heteroatoms. The Bertz CT molecular complexity index is 1010. The monoisotopic (exact) mass is 407 g/mol. The average Bonchev–Trinajstić information content (AvgIpc) is 2.74. The molecule has 0 unspecified atom stereocenters. The van der Waals surface area contributed by atoms with Crippen molar-refractivity contribution < 1.29 is 4.79 Å². The maximum Gasteiger partial charge on any atom is 0.253 e. The van der Waals surface area contributed by atoms with Crippen LogP contribution in [0.2, 0.25) is 0 Å². The Kier molecular flexibility index (Phi) is 6.71. The van der Waals surface area contributed by atoms with Gasteiger partial charge in [-0.15, -0.1) is 0 Å². The van der Waals surface area contributed by atoms with E-state index in [2.05, 4.69) is 34.3 Å². The van der Waals surface area contributed by atoms with Gasteiger partial charge in [-0.2, -0.15) is 0 Å². The third-order valence-corrected chi connectivity index (χ3v) is 6.17. The molecule has 0 saturated carbocycles. The summed E-state index contributed by atoms with van der Waals surface area (Å²) in [4.78, 5) is 33.1. The molecule has 2 N–H and O–H groups in total. The molecule has 0 atom stereocenters. The van der Waals surface area contributed by atoms with Crippen molar-refractivity contribution in [3.8, 4) is 11.3 Å². The van der Waals surface area contributed by atoms with Crippen LogP contribution < -0.4 is 10.9 Å². The van der Waals surface area contributed by atoms with Gasteiger partial charge in [0, 0.05) is 17.7 Å². The minimum absolute atomic E-state index is 0.00499. The van der Waals surface area contributed by atoms with Crippen molar-refractivity contribution in [3.05, 3.63) is 51.3 Å². The molecule has 1 aromatic heterocycles. The molecule has 1 saturated heterocycles. The second-order valence-corrected chi connectivity index (χ2v) is 8.62. The highest BCUT2D eigenvalue weighted by Gasteiger charge is 2.42. The summed E-state index contributed by atoms with van der Waals surface area (Å²) in [6, 6.07) is 8.12. The number of benzene rings is 1. The fourth-order valence-electron chi connectivity index (χ4n) is 4.52. The van der Waals surface area contributed by atoms with Crippen molar-refractivity contribution >= 4 is 17.7 Å². The van der Waals surface area contributed by atoms with Gasteiger partial charge in [-0.1, -0.05) is 32.9 Å². The second kappa shape index (κ2) is 9.09. The number of hydrogen-bond acceptors (Lipinski definition) is 4. The first-order valence-electron chi connectivity index (χ1n) is 10.9. The summed E-state index contributed by atoms with van der Waals surface area (Å²) in [5.74, 6) is 0.314. The van der Waals surface area contributed by atoms with Gasteiger partial charge in [0.1, 0.15) is 5.78 Å². The maximum atomic E-state index is 13.3. The van der Waals surface area contributed by atoms with Gasteiger partial charge in [0.25, 0.3) is 5.56 Å². The number of hydrogen-bond donors (Lipinski definition) is 2. The van der Waals surface area contributed by atoms with Crippen LogP contribution in [0.25, 0.3) is 11.3 Å². The molecule has 0 bridgehead atoms. The minimum Gasteiger partial charge on any atom is -0.322 e. The molecule has 5 nitrogen and oxygen atoms in total. The minimum atomic E-state index is -0.431. The first-order valence-corrected chi connectivity index (χ1v) is 10.9. The van der Waals surface area contributed by atoms with Gasteiger partial charge in [0.15, 0.2) is 0 Å². The second-order valence-electron chi connectivity index (χ2n) is 8.62. The lowest BCUT2D eigenvalue weighted by Gasteiger charge is -2.39. The van der Waals surface area contributed by atoms with Crippen molar-refractivity contribution in [2.24, 2.45) is 10.9 Å². The van der Waals surface area contributed by atoms with E-state index in [4.69, 9.17) is 0 Å². The van der Waals surface area contributed by atoms with Crippen LogP contribution in [0.15, 0.2) is 34.1 Å². The Balaban J connectivity index is 2.07. The van der Waals surface area contributed by atoms with Crippen molar-refractivity contribution in [2.45, 2.75) is 59.3 Å². The summed E-state index contributed by atoms with van der Waals surface area (Å²) in [5, 5.41) is 3.39. The number of aromatic amines is 1. The molecular formula is C25H33N3O2. The van der Waals surface area contributed by atoms with Crippen LogP contribution in [-0.4, -0.2) is 30.1 Å². The lowest BCUT2D eigenvalue weighted by atomic mass is 9.66. The number of pyridine rings is 1. The van der Waals surface area contributed by atoms with Gasteiger partial charge in [0.2, 0.25) is 0 Å². The standard InChI is InChI=1S/C25H33N3O2/c1-6-11-27-21-15-22(28-24(30)18(21)5)19-7-8-20(17(4)14-19)25(23(29)16(2)3)9-12-26-13-10-25/h7-8,11,14-16,26H,6,9-10,12-13H2,1-5H3,(H,28,30). The number of carbonyl (C=O) groups is 1. The Labute approximate surface area is 179 Å². The van der Waals surface area contributed by atoms with Crippen molar-refractivity contribution in [2.75, 3.05) is 13.1 Å². The molecule has 1 aliphatic heterocycles. The molecule has 0 spiro atoms. The number of aliphatic imine (C=N–C) groups is 1. The van der Waals surface area contributed by atoms with Crippen LogP contribution in [0.5, 0.6) is 0 Å². The number of nitrogens with one attached hydrogen (secondary N) is 2. The molecule has 1 fully saturated rings. The third kappa shape index (κ3) is 4.17. The van der Waals surface area contributed by atoms with Crippen molar-refractivity contribution in [1.29, 1.82) is 0 Å². The van der Waals surface area contributed by atoms with E-state index in [1.165, 1.54) is 0 Å². The highest BCUT2D eigenvalue weighted by molar-refractivity contribution is 5.92. The summed E-state index contributed by atoms with van der Waals surface area (Å²) < 4.78 is 0. The summed E-state index contributed by atoms with van der Waals surface area (Å²) >= 11 is 0. The van der Waals surface area contributed by atoms with Gasteiger partial charge in [-0.3, -0.25) is 14.6 Å². The smallest absolute Gasteiger partial charge is 0.253 e. The molecule has 2 heterocycles. The molecule has 0 aliphatic carbocycles. The van der Waals surface area contributed by atoms with Crippen molar-refractivity contribution in [1.82, 2.24) is 10.3 Å². The van der Waals surface area contributed by atoms with E-state index in [-0.39, 0.29) is 11.5 Å². The fourth-order valence-corrected chi connectivity index (χ4v) is 4.52. The Hall–Kier alpha value is -2.53. The number of carbonyl (C=O) groups excluding carboxylic acids is 1. The number of H-pyrrole nitrogens is 1. The largest absolute Gasteiger partial charge is 0.322 e. The fraction of sp³-hybridized carbons (Fsp3) is 0.480. The summed E-state index contributed by atoms with van der Waals surface area (Å²) in [5.41, 5.74) is 4.64. The SMILES string of the molecule is CCC=Nc1cc(-c2ccc(C3(C(=O)C(C)C)CCNCC3)c(C)c2)[nH]c(=O)c1C. The summed E-state index contributed by atoms with van der Waals surface area (Å²) in [6.45, 7) is 11.6. The maximum absolute atomic E-state index is 13.3. The molecule has 1 aromatic carbocycles. The average molecular weight is 408 g/mol. The van der Waals surface area contributed by atoms with E-state index in [9.17, 15) is 9.59 Å². The zero-order valence-electron chi connectivity index (χ0n) is 18.8. The zero-order chi connectivity index (χ0) is 21.9. The van der Waals surface area contributed by atoms with E-state index in [0.29, 0.717) is 17.0 Å². The van der Waals surface area contributed by atoms with Gasteiger partial charge in [-0.25, -0.2) is 0 Å². The lowest BCUT2D eigenvalue weighted by molar-refractivity contribution is -0.128. The van der Waals surface area contributed by atoms with Crippen LogP contribution in [0.4, 0.5) is 5.69 Å².